The smallest absolute Gasteiger partial charge is 0.407 e. The Morgan fingerprint density at radius 2 is 1.64 bits per heavy atom. The normalized spacial score (nSPS) is 15.7. The van der Waals surface area contributed by atoms with Crippen LogP contribution in [0.25, 0.3) is 11.1 Å². The molecule has 1 fully saturated rings. The molecule has 2 aromatic carbocycles. The number of carboxylic acids is 1. The highest BCUT2D eigenvalue weighted by atomic mass is 16.5. The van der Waals surface area contributed by atoms with E-state index in [0.29, 0.717) is 12.8 Å². The van der Waals surface area contributed by atoms with Gasteiger partial charge >= 0.3 is 12.1 Å². The van der Waals surface area contributed by atoms with Gasteiger partial charge in [-0.25, -0.2) is 4.79 Å². The van der Waals surface area contributed by atoms with Crippen LogP contribution in [0.2, 0.25) is 0 Å². The van der Waals surface area contributed by atoms with Crippen molar-refractivity contribution in [2.45, 2.75) is 37.1 Å². The van der Waals surface area contributed by atoms with Gasteiger partial charge in [0.05, 0.1) is 18.6 Å². The minimum Gasteiger partial charge on any atom is -0.480 e. The van der Waals surface area contributed by atoms with Gasteiger partial charge in [0.25, 0.3) is 0 Å². The summed E-state index contributed by atoms with van der Waals surface area (Å²) in [5.74, 6) is -1.62. The van der Waals surface area contributed by atoms with Crippen molar-refractivity contribution in [3.8, 4) is 11.1 Å². The van der Waals surface area contributed by atoms with Crippen molar-refractivity contribution >= 4 is 18.0 Å². The second kappa shape index (κ2) is 9.62. The zero-order valence-corrected chi connectivity index (χ0v) is 18.3. The minimum atomic E-state index is -1.15. The molecule has 0 bridgehead atoms. The molecular formula is C25H28N2O6. The van der Waals surface area contributed by atoms with E-state index in [1.54, 1.807) is 0 Å². The number of aliphatic hydroxyl groups is 1. The lowest BCUT2D eigenvalue weighted by molar-refractivity contribution is -0.145. The quantitative estimate of drug-likeness (QED) is 0.539. The number of carbonyl (C=O) groups is 3. The Morgan fingerprint density at radius 3 is 2.15 bits per heavy atom. The molecule has 0 aromatic heterocycles. The average molecular weight is 453 g/mol. The predicted molar refractivity (Wildman–Crippen MR) is 121 cm³/mol. The van der Waals surface area contributed by atoms with Gasteiger partial charge in [0.15, 0.2) is 0 Å². The van der Waals surface area contributed by atoms with Crippen LogP contribution in [0.1, 0.15) is 42.7 Å². The molecule has 2 aliphatic rings. The lowest BCUT2D eigenvalue weighted by Gasteiger charge is -2.42. The molecule has 2 aliphatic carbocycles. The number of hydrogen-bond donors (Lipinski definition) is 3. The fourth-order valence-electron chi connectivity index (χ4n) is 4.78. The van der Waals surface area contributed by atoms with Crippen LogP contribution in [-0.2, 0) is 14.3 Å². The number of nitrogens with one attached hydrogen (secondary N) is 1. The van der Waals surface area contributed by atoms with E-state index >= 15 is 0 Å². The number of fused-ring (bicyclic) bond motifs is 3. The van der Waals surface area contributed by atoms with Crippen LogP contribution in [0.3, 0.4) is 0 Å². The molecule has 0 aliphatic heterocycles. The van der Waals surface area contributed by atoms with Crippen molar-refractivity contribution in [3.63, 3.8) is 0 Å². The summed E-state index contributed by atoms with van der Waals surface area (Å²) in [7, 11) is 0. The molecular weight excluding hydrogens is 424 g/mol. The lowest BCUT2D eigenvalue weighted by atomic mass is 9.74. The summed E-state index contributed by atoms with van der Waals surface area (Å²) in [4.78, 5) is 37.5. The molecule has 2 aromatic rings. The number of aliphatic hydroxyl groups excluding tert-OH is 1. The fraction of sp³-hybridized carbons (Fsp3) is 0.400. The summed E-state index contributed by atoms with van der Waals surface area (Å²) >= 11 is 0. The highest BCUT2D eigenvalue weighted by molar-refractivity contribution is 5.83. The van der Waals surface area contributed by atoms with Gasteiger partial charge in [-0.3, -0.25) is 9.59 Å². The van der Waals surface area contributed by atoms with Crippen LogP contribution in [-0.4, -0.2) is 64.9 Å². The molecule has 0 atom stereocenters. The van der Waals surface area contributed by atoms with Crippen molar-refractivity contribution < 1.29 is 29.3 Å². The van der Waals surface area contributed by atoms with Crippen molar-refractivity contribution in [3.05, 3.63) is 59.7 Å². The highest BCUT2D eigenvalue weighted by Crippen LogP contribution is 2.44. The summed E-state index contributed by atoms with van der Waals surface area (Å²) in [6.07, 6.45) is 1.48. The number of amides is 2. The minimum absolute atomic E-state index is 0.0233. The van der Waals surface area contributed by atoms with Crippen LogP contribution in [0.15, 0.2) is 48.5 Å². The Balaban J connectivity index is 1.39. The van der Waals surface area contributed by atoms with Gasteiger partial charge < -0.3 is 25.2 Å². The fourth-order valence-corrected chi connectivity index (χ4v) is 4.78. The van der Waals surface area contributed by atoms with Crippen LogP contribution < -0.4 is 5.32 Å². The number of nitrogens with zero attached hydrogens (tertiary/aromatic N) is 1. The van der Waals surface area contributed by atoms with Crippen molar-refractivity contribution in [2.75, 3.05) is 26.3 Å². The average Bonchev–Trinajstić information content (AvgIpc) is 3.09. The molecule has 174 valence electrons. The van der Waals surface area contributed by atoms with Gasteiger partial charge in [-0.2, -0.15) is 0 Å². The van der Waals surface area contributed by atoms with E-state index in [9.17, 15) is 14.4 Å². The van der Waals surface area contributed by atoms with Crippen molar-refractivity contribution in [1.29, 1.82) is 0 Å². The monoisotopic (exact) mass is 452 g/mol. The van der Waals surface area contributed by atoms with Gasteiger partial charge in [0.2, 0.25) is 5.91 Å². The maximum atomic E-state index is 12.7. The number of carboxylic acid groups (broad SMARTS) is 1. The van der Waals surface area contributed by atoms with Crippen LogP contribution in [0.4, 0.5) is 4.79 Å². The molecule has 1 saturated carbocycles. The largest absolute Gasteiger partial charge is 0.480 e. The molecule has 0 spiro atoms. The summed E-state index contributed by atoms with van der Waals surface area (Å²) < 4.78 is 5.62. The second-order valence-electron chi connectivity index (χ2n) is 8.69. The van der Waals surface area contributed by atoms with E-state index in [1.165, 1.54) is 0 Å². The number of alkyl carbamates (subject to hydrolysis) is 1. The van der Waals surface area contributed by atoms with Gasteiger partial charge in [0.1, 0.15) is 13.2 Å². The summed E-state index contributed by atoms with van der Waals surface area (Å²) in [6.45, 7) is -0.696. The topological polar surface area (TPSA) is 116 Å². The molecule has 2 amide bonds. The third-order valence-corrected chi connectivity index (χ3v) is 6.56. The molecule has 8 heteroatoms. The van der Waals surface area contributed by atoms with E-state index < -0.39 is 30.1 Å². The van der Waals surface area contributed by atoms with E-state index in [2.05, 4.69) is 17.4 Å². The summed E-state index contributed by atoms with van der Waals surface area (Å²) in [6, 6.07) is 16.2. The predicted octanol–water partition coefficient (Wildman–Crippen LogP) is 2.74. The Hall–Kier alpha value is -3.39. The Labute approximate surface area is 192 Å². The van der Waals surface area contributed by atoms with E-state index in [4.69, 9.17) is 14.9 Å². The maximum Gasteiger partial charge on any atom is 0.407 e. The molecule has 0 unspecified atom stereocenters. The zero-order chi connectivity index (χ0) is 23.4. The number of benzene rings is 2. The molecule has 0 radical (unpaired) electrons. The van der Waals surface area contributed by atoms with Crippen LogP contribution in [0, 0.1) is 0 Å². The molecule has 33 heavy (non-hydrogen) atoms. The molecule has 0 heterocycles. The van der Waals surface area contributed by atoms with Crippen LogP contribution in [0.5, 0.6) is 0 Å². The number of carbonyl (C=O) groups excluding carboxylic acids is 2. The van der Waals surface area contributed by atoms with Gasteiger partial charge in [-0.1, -0.05) is 48.5 Å². The first kappa shape index (κ1) is 22.8. The third kappa shape index (κ3) is 4.85. The maximum absolute atomic E-state index is 12.7. The van der Waals surface area contributed by atoms with Gasteiger partial charge in [-0.15, -0.1) is 0 Å². The Kier molecular flexibility index (Phi) is 6.65. The SMILES string of the molecule is O=C(O)CN(CCO)C(=O)CC1(NC(=O)OCC2c3ccccc3-c3ccccc32)CCC1. The van der Waals surface area contributed by atoms with Gasteiger partial charge in [0, 0.05) is 12.5 Å². The molecule has 0 saturated heterocycles. The number of rotatable bonds is 9. The first-order valence-corrected chi connectivity index (χ1v) is 11.2. The zero-order valence-electron chi connectivity index (χ0n) is 18.3. The van der Waals surface area contributed by atoms with E-state index in [-0.39, 0.29) is 32.1 Å². The highest BCUT2D eigenvalue weighted by Gasteiger charge is 2.42. The summed E-state index contributed by atoms with van der Waals surface area (Å²) in [5.41, 5.74) is 3.78. The van der Waals surface area contributed by atoms with Crippen LogP contribution >= 0.6 is 0 Å². The second-order valence-corrected chi connectivity index (χ2v) is 8.69. The molecule has 3 N–H and O–H groups in total. The Morgan fingerprint density at radius 1 is 1.03 bits per heavy atom. The lowest BCUT2D eigenvalue weighted by Crippen LogP contribution is -2.56. The number of ether oxygens (including phenoxy) is 1. The molecule has 8 nitrogen and oxygen atoms in total. The summed E-state index contributed by atoms with van der Waals surface area (Å²) in [5, 5.41) is 21.0. The number of aliphatic carboxylic acids is 1. The first-order chi connectivity index (χ1) is 15.9. The molecule has 4 rings (SSSR count). The Bertz CT molecular complexity index is 1000. The van der Waals surface area contributed by atoms with E-state index in [0.717, 1.165) is 33.6 Å². The van der Waals surface area contributed by atoms with Crippen molar-refractivity contribution in [1.82, 2.24) is 10.2 Å². The third-order valence-electron chi connectivity index (χ3n) is 6.56. The van der Waals surface area contributed by atoms with Gasteiger partial charge in [-0.05, 0) is 41.5 Å². The van der Waals surface area contributed by atoms with Crippen molar-refractivity contribution in [2.24, 2.45) is 0 Å². The standard InChI is InChI=1S/C25H28N2O6/c28-13-12-27(15-23(30)31)22(29)14-25(10-5-11-25)26-24(32)33-16-21-19-8-3-1-6-17(19)18-7-2-4-9-20(18)21/h1-4,6-9,21,28H,5,10-16H2,(H,26,32)(H,30,31). The number of hydrogen-bond acceptors (Lipinski definition) is 5. The van der Waals surface area contributed by atoms with E-state index in [1.807, 2.05) is 36.4 Å². The first-order valence-electron chi connectivity index (χ1n) is 11.2.